The Labute approximate surface area is 150 Å². The van der Waals surface area contributed by atoms with Crippen molar-refractivity contribution in [3.63, 3.8) is 0 Å². The number of benzene rings is 2. The van der Waals surface area contributed by atoms with Gasteiger partial charge in [0, 0.05) is 11.1 Å². The Morgan fingerprint density at radius 2 is 1.32 bits per heavy atom. The molecule has 0 bridgehead atoms. The molecule has 2 aromatic carbocycles. The number of methoxy groups -OCH3 is 1. The molecule has 0 saturated carbocycles. The maximum Gasteiger partial charge on any atom is 0.173 e. The van der Waals surface area contributed by atoms with Gasteiger partial charge in [-0.15, -0.1) is 0 Å². The summed E-state index contributed by atoms with van der Waals surface area (Å²) in [5.74, 6) is -0.235. The third-order valence-corrected chi connectivity index (χ3v) is 4.45. The summed E-state index contributed by atoms with van der Waals surface area (Å²) in [6.45, 7) is 8.26. The van der Waals surface area contributed by atoms with Crippen molar-refractivity contribution in [2.75, 3.05) is 7.11 Å². The summed E-state index contributed by atoms with van der Waals surface area (Å²) in [5, 5.41) is 0. The molecule has 1 unspecified atom stereocenters. The number of ether oxygens (including phenoxy) is 1. The highest BCUT2D eigenvalue weighted by molar-refractivity contribution is 6.16. The third kappa shape index (κ3) is 4.36. The van der Waals surface area contributed by atoms with Crippen molar-refractivity contribution < 1.29 is 14.3 Å². The summed E-state index contributed by atoms with van der Waals surface area (Å²) in [4.78, 5) is 25.6. The fourth-order valence-corrected chi connectivity index (χ4v) is 2.78. The minimum Gasteiger partial charge on any atom is -0.497 e. The van der Waals surface area contributed by atoms with Gasteiger partial charge in [0.15, 0.2) is 11.6 Å². The summed E-state index contributed by atoms with van der Waals surface area (Å²) in [6, 6.07) is 14.5. The van der Waals surface area contributed by atoms with E-state index >= 15 is 0 Å². The number of hydrogen-bond acceptors (Lipinski definition) is 3. The Morgan fingerprint density at radius 3 is 1.68 bits per heavy atom. The molecular formula is C22H26O3. The van der Waals surface area contributed by atoms with Crippen molar-refractivity contribution in [2.45, 2.75) is 39.5 Å². The van der Waals surface area contributed by atoms with E-state index in [4.69, 9.17) is 4.74 Å². The largest absolute Gasteiger partial charge is 0.497 e. The number of rotatable bonds is 6. The zero-order chi connectivity index (χ0) is 18.6. The van der Waals surface area contributed by atoms with Crippen LogP contribution in [0.2, 0.25) is 0 Å². The second kappa shape index (κ2) is 7.64. The minimum absolute atomic E-state index is 0.0324. The van der Waals surface area contributed by atoms with E-state index in [2.05, 4.69) is 20.8 Å². The molecule has 0 fully saturated rings. The van der Waals surface area contributed by atoms with Gasteiger partial charge in [0.2, 0.25) is 0 Å². The highest BCUT2D eigenvalue weighted by atomic mass is 16.5. The monoisotopic (exact) mass is 338 g/mol. The highest BCUT2D eigenvalue weighted by Crippen LogP contribution is 2.24. The predicted octanol–water partition coefficient (Wildman–Crippen LogP) is 5.08. The van der Waals surface area contributed by atoms with Crippen molar-refractivity contribution in [1.29, 1.82) is 0 Å². The van der Waals surface area contributed by atoms with Crippen LogP contribution in [0.15, 0.2) is 48.5 Å². The van der Waals surface area contributed by atoms with Gasteiger partial charge in [0.25, 0.3) is 0 Å². The second-order valence-electron chi connectivity index (χ2n) is 7.25. The molecule has 0 aromatic heterocycles. The Hall–Kier alpha value is -2.42. The molecule has 132 valence electrons. The number of carbonyl (C=O) groups excluding carboxylic acids is 2. The lowest BCUT2D eigenvalue weighted by atomic mass is 9.84. The average molecular weight is 338 g/mol. The van der Waals surface area contributed by atoms with Gasteiger partial charge in [-0.25, -0.2) is 0 Å². The van der Waals surface area contributed by atoms with E-state index in [1.54, 1.807) is 31.4 Å². The lowest BCUT2D eigenvalue weighted by molar-refractivity contribution is 0.0803. The standard InChI is InChI=1S/C22H26O3/c1-6-19(21(24)16-9-13-18(25-5)14-10-16)20(23)15-7-11-17(12-8-15)22(2,3)4/h7-14,19H,6H2,1-5H3. The summed E-state index contributed by atoms with van der Waals surface area (Å²) in [7, 11) is 1.58. The molecule has 0 N–H and O–H groups in total. The van der Waals surface area contributed by atoms with Crippen LogP contribution in [0.4, 0.5) is 0 Å². The van der Waals surface area contributed by atoms with Gasteiger partial charge >= 0.3 is 0 Å². The molecule has 3 heteroatoms. The normalized spacial score (nSPS) is 12.5. The molecule has 0 aliphatic carbocycles. The summed E-state index contributed by atoms with van der Waals surface area (Å²) < 4.78 is 5.11. The van der Waals surface area contributed by atoms with Crippen LogP contribution in [0, 0.1) is 5.92 Å². The Morgan fingerprint density at radius 1 is 0.880 bits per heavy atom. The highest BCUT2D eigenvalue weighted by Gasteiger charge is 2.27. The van der Waals surface area contributed by atoms with E-state index in [0.717, 1.165) is 0 Å². The summed E-state index contributed by atoms with van der Waals surface area (Å²) >= 11 is 0. The Kier molecular flexibility index (Phi) is 5.78. The van der Waals surface area contributed by atoms with Crippen molar-refractivity contribution in [3.8, 4) is 5.75 Å². The number of Topliss-reactive ketones (excluding diaryl/α,β-unsaturated/α-hetero) is 2. The van der Waals surface area contributed by atoms with Crippen molar-refractivity contribution in [2.24, 2.45) is 5.92 Å². The van der Waals surface area contributed by atoms with Crippen LogP contribution in [-0.2, 0) is 5.41 Å². The molecule has 0 spiro atoms. The first-order valence-electron chi connectivity index (χ1n) is 8.61. The van der Waals surface area contributed by atoms with Crippen LogP contribution in [0.1, 0.15) is 60.4 Å². The van der Waals surface area contributed by atoms with Crippen LogP contribution in [-0.4, -0.2) is 18.7 Å². The SMILES string of the molecule is CCC(C(=O)c1ccc(OC)cc1)C(=O)c1ccc(C(C)(C)C)cc1. The van der Waals surface area contributed by atoms with E-state index in [1.807, 2.05) is 31.2 Å². The summed E-state index contributed by atoms with van der Waals surface area (Å²) in [6.07, 6.45) is 0.477. The van der Waals surface area contributed by atoms with Crippen LogP contribution in [0.3, 0.4) is 0 Å². The molecular weight excluding hydrogens is 312 g/mol. The molecule has 2 aromatic rings. The van der Waals surface area contributed by atoms with Crippen molar-refractivity contribution in [1.82, 2.24) is 0 Å². The van der Waals surface area contributed by atoms with Gasteiger partial charge in [-0.3, -0.25) is 9.59 Å². The number of ketones is 2. The molecule has 0 aliphatic rings. The predicted molar refractivity (Wildman–Crippen MR) is 101 cm³/mol. The minimum atomic E-state index is -0.658. The van der Waals surface area contributed by atoms with E-state index in [0.29, 0.717) is 23.3 Å². The van der Waals surface area contributed by atoms with Crippen LogP contribution < -0.4 is 4.74 Å². The van der Waals surface area contributed by atoms with Gasteiger partial charge < -0.3 is 4.74 Å². The quantitative estimate of drug-likeness (QED) is 0.544. The zero-order valence-corrected chi connectivity index (χ0v) is 15.6. The molecule has 0 heterocycles. The van der Waals surface area contributed by atoms with Crippen LogP contribution >= 0.6 is 0 Å². The molecule has 3 nitrogen and oxygen atoms in total. The Bertz CT molecular complexity index is 734. The second-order valence-corrected chi connectivity index (χ2v) is 7.25. The van der Waals surface area contributed by atoms with Crippen LogP contribution in [0.25, 0.3) is 0 Å². The van der Waals surface area contributed by atoms with E-state index < -0.39 is 5.92 Å². The molecule has 2 rings (SSSR count). The maximum atomic E-state index is 12.8. The van der Waals surface area contributed by atoms with Gasteiger partial charge in [-0.05, 0) is 41.7 Å². The number of hydrogen-bond donors (Lipinski definition) is 0. The van der Waals surface area contributed by atoms with Gasteiger partial charge in [0.05, 0.1) is 13.0 Å². The molecule has 0 radical (unpaired) electrons. The van der Waals surface area contributed by atoms with Crippen molar-refractivity contribution in [3.05, 3.63) is 65.2 Å². The first-order valence-corrected chi connectivity index (χ1v) is 8.61. The molecule has 0 saturated heterocycles. The molecule has 0 aliphatic heterocycles. The lowest BCUT2D eigenvalue weighted by Crippen LogP contribution is -2.24. The fraction of sp³-hybridized carbons (Fsp3) is 0.364. The van der Waals surface area contributed by atoms with Gasteiger partial charge in [-0.2, -0.15) is 0 Å². The first-order chi connectivity index (χ1) is 11.8. The van der Waals surface area contributed by atoms with Gasteiger partial charge in [-0.1, -0.05) is 52.0 Å². The van der Waals surface area contributed by atoms with Gasteiger partial charge in [0.1, 0.15) is 5.75 Å². The zero-order valence-electron chi connectivity index (χ0n) is 15.6. The molecule has 0 amide bonds. The first kappa shape index (κ1) is 18.9. The summed E-state index contributed by atoms with van der Waals surface area (Å²) in [5.41, 5.74) is 2.32. The van der Waals surface area contributed by atoms with E-state index in [1.165, 1.54) is 5.56 Å². The topological polar surface area (TPSA) is 43.4 Å². The smallest absolute Gasteiger partial charge is 0.173 e. The molecule has 1 atom stereocenters. The molecule has 25 heavy (non-hydrogen) atoms. The van der Waals surface area contributed by atoms with E-state index in [-0.39, 0.29) is 17.0 Å². The number of carbonyl (C=O) groups is 2. The maximum absolute atomic E-state index is 12.8. The van der Waals surface area contributed by atoms with Crippen molar-refractivity contribution >= 4 is 11.6 Å². The van der Waals surface area contributed by atoms with Crippen LogP contribution in [0.5, 0.6) is 5.75 Å². The average Bonchev–Trinajstić information content (AvgIpc) is 2.61. The lowest BCUT2D eigenvalue weighted by Gasteiger charge is -2.19. The Balaban J connectivity index is 2.23. The fourth-order valence-electron chi connectivity index (χ4n) is 2.78. The third-order valence-electron chi connectivity index (χ3n) is 4.45. The van der Waals surface area contributed by atoms with E-state index in [9.17, 15) is 9.59 Å².